The van der Waals surface area contributed by atoms with Gasteiger partial charge in [0.05, 0.1) is 5.69 Å². The maximum atomic E-state index is 13.9. The van der Waals surface area contributed by atoms with Crippen molar-refractivity contribution >= 4 is 21.9 Å². The van der Waals surface area contributed by atoms with Gasteiger partial charge in [0, 0.05) is 29.6 Å². The van der Waals surface area contributed by atoms with Crippen molar-refractivity contribution < 1.29 is 36.6 Å². The van der Waals surface area contributed by atoms with E-state index in [0.29, 0.717) is 17.3 Å². The highest BCUT2D eigenvalue weighted by Crippen LogP contribution is 2.26. The fourth-order valence-corrected chi connectivity index (χ4v) is 3.55. The lowest BCUT2D eigenvalue weighted by Crippen LogP contribution is -2.24. The minimum atomic E-state index is -5.08. The zero-order valence-corrected chi connectivity index (χ0v) is 21.2. The number of hydrogen-bond donors (Lipinski definition) is 2. The molecule has 0 saturated carbocycles. The number of nitrogens with one attached hydrogen (secondary N) is 1. The van der Waals surface area contributed by atoms with Crippen molar-refractivity contribution in [3.63, 3.8) is 0 Å². The van der Waals surface area contributed by atoms with Crippen LogP contribution in [0, 0.1) is 25.5 Å². The summed E-state index contributed by atoms with van der Waals surface area (Å²) in [5, 5.41) is 7.12. The number of hydrogen-bond acceptors (Lipinski definition) is 5. The number of aromatic amines is 1. The van der Waals surface area contributed by atoms with Gasteiger partial charge in [0.2, 0.25) is 5.88 Å². The van der Waals surface area contributed by atoms with Crippen molar-refractivity contribution in [3.05, 3.63) is 92.2 Å². The number of benzene rings is 2. The summed E-state index contributed by atoms with van der Waals surface area (Å²) in [7, 11) is 0. The number of aryl methyl sites for hydroxylation is 2. The Morgan fingerprint density at radius 1 is 1.16 bits per heavy atom. The van der Waals surface area contributed by atoms with E-state index in [9.17, 15) is 26.7 Å². The molecule has 0 saturated heterocycles. The van der Waals surface area contributed by atoms with Crippen LogP contribution in [-0.4, -0.2) is 36.8 Å². The molecule has 0 unspecified atom stereocenters. The van der Waals surface area contributed by atoms with E-state index in [1.54, 1.807) is 19.3 Å². The Labute approximate surface area is 219 Å². The molecule has 2 N–H and O–H groups in total. The first kappa shape index (κ1) is 28.5. The number of nitrogens with zero attached hydrogens (tertiary/aromatic N) is 3. The van der Waals surface area contributed by atoms with E-state index in [2.05, 4.69) is 30.9 Å². The average molecular weight is 601 g/mol. The van der Waals surface area contributed by atoms with E-state index in [1.165, 1.54) is 10.6 Å². The third-order valence-electron chi connectivity index (χ3n) is 5.01. The van der Waals surface area contributed by atoms with Crippen LogP contribution < -0.4 is 10.3 Å². The number of H-pyrrole nitrogens is 1. The first-order valence-corrected chi connectivity index (χ1v) is 11.4. The highest BCUT2D eigenvalue weighted by Gasteiger charge is 2.38. The van der Waals surface area contributed by atoms with Gasteiger partial charge in [-0.1, -0.05) is 12.1 Å². The van der Waals surface area contributed by atoms with Gasteiger partial charge in [-0.3, -0.25) is 9.36 Å². The second-order valence-corrected chi connectivity index (χ2v) is 8.48. The van der Waals surface area contributed by atoms with Crippen molar-refractivity contribution in [2.75, 3.05) is 0 Å². The van der Waals surface area contributed by atoms with E-state index in [1.807, 2.05) is 25.1 Å². The van der Waals surface area contributed by atoms with Crippen LogP contribution in [-0.2, 0) is 11.4 Å². The third kappa shape index (κ3) is 6.62. The normalized spacial score (nSPS) is 11.1. The van der Waals surface area contributed by atoms with Crippen molar-refractivity contribution in [2.45, 2.75) is 26.6 Å². The third-order valence-corrected chi connectivity index (χ3v) is 5.69. The van der Waals surface area contributed by atoms with Gasteiger partial charge in [0.15, 0.2) is 0 Å². The van der Waals surface area contributed by atoms with E-state index in [-0.39, 0.29) is 28.1 Å². The predicted octanol–water partition coefficient (Wildman–Crippen LogP) is 5.49. The maximum Gasteiger partial charge on any atom is 0.490 e. The first-order valence-electron chi connectivity index (χ1n) is 10.6. The molecule has 0 spiro atoms. The average Bonchev–Trinajstić information content (AvgIpc) is 3.37. The summed E-state index contributed by atoms with van der Waals surface area (Å²) in [6.07, 6.45) is -1.71. The fourth-order valence-electron chi connectivity index (χ4n) is 3.17. The molecular formula is C24H18BrF5N4O4. The molecule has 200 valence electrons. The molecule has 0 radical (unpaired) electrons. The number of imidazole rings is 1. The summed E-state index contributed by atoms with van der Waals surface area (Å²) in [5.74, 6) is -3.06. The summed E-state index contributed by atoms with van der Waals surface area (Å²) in [4.78, 5) is 33.7. The fraction of sp³-hybridized carbons (Fsp3) is 0.167. The Morgan fingerprint density at radius 3 is 2.42 bits per heavy atom. The lowest BCUT2D eigenvalue weighted by atomic mass is 10.1. The lowest BCUT2D eigenvalue weighted by Gasteiger charge is -2.16. The molecule has 0 amide bonds. The van der Waals surface area contributed by atoms with Gasteiger partial charge in [-0.15, -0.1) is 0 Å². The first-order chi connectivity index (χ1) is 17.8. The topological polar surface area (TPSA) is 110 Å². The molecular weight excluding hydrogens is 583 g/mol. The molecule has 0 aliphatic rings. The Morgan fingerprint density at radius 2 is 1.84 bits per heavy atom. The van der Waals surface area contributed by atoms with E-state index < -0.39 is 23.8 Å². The van der Waals surface area contributed by atoms with Crippen molar-refractivity contribution in [2.24, 2.45) is 0 Å². The largest absolute Gasteiger partial charge is 0.490 e. The zero-order chi connectivity index (χ0) is 28.2. The molecule has 4 aromatic rings. The number of carbonyl (C=O) groups is 1. The van der Waals surface area contributed by atoms with Crippen LogP contribution in [0.4, 0.5) is 22.0 Å². The van der Waals surface area contributed by atoms with Gasteiger partial charge in [0.25, 0.3) is 5.56 Å². The molecule has 38 heavy (non-hydrogen) atoms. The predicted molar refractivity (Wildman–Crippen MR) is 129 cm³/mol. The molecule has 0 aliphatic heterocycles. The summed E-state index contributed by atoms with van der Waals surface area (Å²) in [5.41, 5.74) is 2.12. The summed E-state index contributed by atoms with van der Waals surface area (Å²) < 4.78 is 65.8. The minimum Gasteiger partial charge on any atom is -0.475 e. The lowest BCUT2D eigenvalue weighted by molar-refractivity contribution is -0.192. The highest BCUT2D eigenvalue weighted by atomic mass is 79.9. The Kier molecular flexibility index (Phi) is 8.66. The maximum absolute atomic E-state index is 13.9. The van der Waals surface area contributed by atoms with Crippen molar-refractivity contribution in [3.8, 4) is 23.0 Å². The molecule has 2 aromatic carbocycles. The SMILES string of the molecule is Cc1ccc(-c2ncc[nH]2)cc1-n1c(C)nc(OCc2ccc(F)cc2F)c(Br)c1=O.O=C(O)C(F)(F)F. The number of halogens is 6. The van der Waals surface area contributed by atoms with Crippen LogP contribution in [0.5, 0.6) is 5.88 Å². The molecule has 0 atom stereocenters. The van der Waals surface area contributed by atoms with Crippen LogP contribution in [0.1, 0.15) is 17.0 Å². The molecule has 0 bridgehead atoms. The van der Waals surface area contributed by atoms with E-state index in [4.69, 9.17) is 14.6 Å². The van der Waals surface area contributed by atoms with Gasteiger partial charge in [-0.25, -0.2) is 18.6 Å². The quantitative estimate of drug-likeness (QED) is 0.293. The number of ether oxygens (including phenoxy) is 1. The van der Waals surface area contributed by atoms with Crippen LogP contribution in [0.15, 0.2) is 58.1 Å². The summed E-state index contributed by atoms with van der Waals surface area (Å²) in [6, 6.07) is 8.87. The number of rotatable bonds is 5. The molecule has 4 rings (SSSR count). The second kappa shape index (κ2) is 11.5. The zero-order valence-electron chi connectivity index (χ0n) is 19.6. The minimum absolute atomic E-state index is 0.0299. The molecule has 8 nitrogen and oxygen atoms in total. The smallest absolute Gasteiger partial charge is 0.475 e. The van der Waals surface area contributed by atoms with Gasteiger partial charge in [0.1, 0.15) is 34.4 Å². The van der Waals surface area contributed by atoms with E-state index in [0.717, 1.165) is 23.3 Å². The van der Waals surface area contributed by atoms with Crippen molar-refractivity contribution in [1.29, 1.82) is 0 Å². The van der Waals surface area contributed by atoms with Crippen LogP contribution in [0.25, 0.3) is 17.1 Å². The number of aliphatic carboxylic acids is 1. The molecule has 0 aliphatic carbocycles. The molecule has 2 heterocycles. The number of carboxylic acid groups (broad SMARTS) is 1. The number of alkyl halides is 3. The summed E-state index contributed by atoms with van der Waals surface area (Å²) >= 11 is 3.25. The standard InChI is InChI=1S/C22H17BrF2N4O2.C2HF3O2/c1-12-3-4-14(20-26-7-8-27-20)9-18(12)29-13(2)28-21(19(23)22(29)30)31-11-15-5-6-16(24)10-17(15)25;3-2(4,5)1(6)7/h3-10H,11H2,1-2H3,(H,26,27);(H,6,7). The summed E-state index contributed by atoms with van der Waals surface area (Å²) in [6.45, 7) is 3.37. The molecule has 2 aromatic heterocycles. The van der Waals surface area contributed by atoms with Gasteiger partial charge in [-0.05, 0) is 53.5 Å². The Bertz CT molecular complexity index is 1520. The van der Waals surface area contributed by atoms with E-state index >= 15 is 0 Å². The van der Waals surface area contributed by atoms with Gasteiger partial charge < -0.3 is 14.8 Å². The second-order valence-electron chi connectivity index (χ2n) is 7.69. The molecule has 0 fully saturated rings. The van der Waals surface area contributed by atoms with Crippen molar-refractivity contribution in [1.82, 2.24) is 19.5 Å². The van der Waals surface area contributed by atoms with Gasteiger partial charge in [-0.2, -0.15) is 18.2 Å². The van der Waals surface area contributed by atoms with Crippen LogP contribution >= 0.6 is 15.9 Å². The monoisotopic (exact) mass is 600 g/mol. The Hall–Kier alpha value is -4.07. The van der Waals surface area contributed by atoms with Crippen LogP contribution in [0.2, 0.25) is 0 Å². The number of carboxylic acids is 1. The molecule has 14 heteroatoms. The van der Waals surface area contributed by atoms with Crippen LogP contribution in [0.3, 0.4) is 0 Å². The number of aromatic nitrogens is 4. The Balaban J connectivity index is 0.000000505. The van der Waals surface area contributed by atoms with Gasteiger partial charge >= 0.3 is 12.1 Å². The highest BCUT2D eigenvalue weighted by molar-refractivity contribution is 9.10.